The van der Waals surface area contributed by atoms with Crippen molar-refractivity contribution in [1.82, 2.24) is 0 Å². The van der Waals surface area contributed by atoms with E-state index in [-0.39, 0.29) is 0 Å². The highest BCUT2D eigenvalue weighted by Crippen LogP contribution is 2.62. The summed E-state index contributed by atoms with van der Waals surface area (Å²) in [6.07, 6.45) is -7.61. The van der Waals surface area contributed by atoms with Gasteiger partial charge < -0.3 is 11.1 Å². The largest absolute Gasteiger partial charge is 0.594 e. The van der Waals surface area contributed by atoms with Crippen LogP contribution in [-0.4, -0.2) is 54.9 Å². The Morgan fingerprint density at radius 3 is 1.12 bits per heavy atom. The third-order valence-corrected chi connectivity index (χ3v) is 2.75. The highest BCUT2D eigenvalue weighted by Gasteiger charge is 2.92. The summed E-state index contributed by atoms with van der Waals surface area (Å²) in [6.45, 7) is -2.64. The lowest BCUT2D eigenvalue weighted by molar-refractivity contribution is -0.450. The molecule has 2 N–H and O–H groups in total. The minimum atomic E-state index is -8.29. The van der Waals surface area contributed by atoms with Crippen LogP contribution in [0.3, 0.4) is 0 Å². The van der Waals surface area contributed by atoms with Crippen molar-refractivity contribution in [3.05, 3.63) is 5.32 Å². The smallest absolute Gasteiger partial charge is 0.460 e. The van der Waals surface area contributed by atoms with Gasteiger partial charge in [0.1, 0.15) is 0 Å². The van der Waals surface area contributed by atoms with Crippen LogP contribution in [0.25, 0.3) is 5.32 Å². The average molecular weight is 427 g/mol. The maximum atomic E-state index is 13.1. The van der Waals surface area contributed by atoms with Gasteiger partial charge in [-0.1, -0.05) is 0 Å². The van der Waals surface area contributed by atoms with Crippen molar-refractivity contribution in [3.8, 4) is 0 Å². The number of nitrogens with zero attached hydrogens (tertiary/aromatic N) is 1. The number of alkyl halides is 15. The molecule has 0 saturated heterocycles. The molecule has 0 aliphatic carbocycles. The lowest BCUT2D eigenvalue weighted by Gasteiger charge is -2.45. The maximum absolute atomic E-state index is 13.1. The number of hydrogen-bond donors (Lipinski definition) is 1. The summed E-state index contributed by atoms with van der Waals surface area (Å²) in [5.41, 5.74) is 4.50. The van der Waals surface area contributed by atoms with E-state index in [1.807, 2.05) is 0 Å². The number of hydrogen-bond acceptors (Lipinski definition) is 1. The monoisotopic (exact) mass is 427 g/mol. The summed E-state index contributed by atoms with van der Waals surface area (Å²) in [4.78, 5) is 0. The highest BCUT2D eigenvalue weighted by molar-refractivity contribution is 5.16. The predicted molar refractivity (Wildman–Crippen MR) is 53.0 cm³/mol. The fourth-order valence-electron chi connectivity index (χ4n) is 1.26. The molecular formula is C9H6F15N2-. The van der Waals surface area contributed by atoms with Crippen LogP contribution in [-0.2, 0) is 0 Å². The maximum Gasteiger partial charge on any atom is 0.460 e. The first-order valence-electron chi connectivity index (χ1n) is 5.78. The second-order valence-corrected chi connectivity index (χ2v) is 4.58. The first kappa shape index (κ1) is 24.9. The molecule has 0 aromatic carbocycles. The van der Waals surface area contributed by atoms with Crippen molar-refractivity contribution in [1.29, 1.82) is 0 Å². The lowest BCUT2D eigenvalue weighted by atomic mass is 9.93. The zero-order chi connectivity index (χ0) is 21.6. The van der Waals surface area contributed by atoms with Gasteiger partial charge in [-0.2, -0.15) is 57.1 Å². The van der Waals surface area contributed by atoms with Gasteiger partial charge >= 0.3 is 35.8 Å². The van der Waals surface area contributed by atoms with Crippen LogP contribution in [0.15, 0.2) is 0 Å². The minimum absolute atomic E-state index is 1.05. The van der Waals surface area contributed by atoms with Crippen molar-refractivity contribution >= 4 is 0 Å². The lowest BCUT2D eigenvalue weighted by Crippen LogP contribution is -2.72. The SMILES string of the molecule is NCC[N-]C(F)(F)C(F)(F)C(F)(F)C(F)(F)C(F)(F)C(F)(F)C(F)(F)F. The van der Waals surface area contributed by atoms with E-state index < -0.39 is 54.9 Å². The molecule has 0 fully saturated rings. The first-order valence-corrected chi connectivity index (χ1v) is 5.78. The zero-order valence-electron chi connectivity index (χ0n) is 11.6. The van der Waals surface area contributed by atoms with Gasteiger partial charge in [-0.25, -0.2) is 8.78 Å². The molecular weight excluding hydrogens is 421 g/mol. The molecule has 2 nitrogen and oxygen atoms in total. The molecule has 0 unspecified atom stereocenters. The molecule has 0 bridgehead atoms. The third kappa shape index (κ3) is 3.27. The van der Waals surface area contributed by atoms with Gasteiger partial charge in [0, 0.05) is 0 Å². The minimum Gasteiger partial charge on any atom is -0.594 e. The molecule has 17 heteroatoms. The molecule has 0 aromatic heterocycles. The predicted octanol–water partition coefficient (Wildman–Crippen LogP) is 4.65. The average Bonchev–Trinajstić information content (AvgIpc) is 2.42. The van der Waals surface area contributed by atoms with Crippen molar-refractivity contribution in [2.24, 2.45) is 5.73 Å². The molecule has 0 saturated carbocycles. The Labute approximate surface area is 133 Å². The Kier molecular flexibility index (Phi) is 6.21. The second-order valence-electron chi connectivity index (χ2n) is 4.58. The van der Waals surface area contributed by atoms with Crippen molar-refractivity contribution in [2.75, 3.05) is 13.1 Å². The van der Waals surface area contributed by atoms with E-state index in [9.17, 15) is 65.9 Å². The fraction of sp³-hybridized carbons (Fsp3) is 1.00. The first-order chi connectivity index (χ1) is 11.1. The molecule has 158 valence electrons. The normalized spacial score (nSPS) is 16.2. The van der Waals surface area contributed by atoms with Crippen LogP contribution in [0.1, 0.15) is 0 Å². The van der Waals surface area contributed by atoms with Gasteiger partial charge in [0.25, 0.3) is 0 Å². The van der Waals surface area contributed by atoms with Crippen LogP contribution in [0, 0.1) is 0 Å². The quantitative estimate of drug-likeness (QED) is 0.445. The van der Waals surface area contributed by atoms with E-state index >= 15 is 0 Å². The van der Waals surface area contributed by atoms with E-state index in [2.05, 4.69) is 5.73 Å². The van der Waals surface area contributed by atoms with Crippen LogP contribution in [0.2, 0.25) is 0 Å². The summed E-state index contributed by atoms with van der Waals surface area (Å²) in [6, 6.07) is -6.57. The van der Waals surface area contributed by atoms with Crippen molar-refractivity contribution in [3.63, 3.8) is 0 Å². The highest BCUT2D eigenvalue weighted by atomic mass is 19.4. The summed E-state index contributed by atoms with van der Waals surface area (Å²) in [5.74, 6) is -40.2. The number of halogens is 15. The van der Waals surface area contributed by atoms with E-state index in [1.54, 1.807) is 0 Å². The Hall–Kier alpha value is -1.13. The zero-order valence-corrected chi connectivity index (χ0v) is 11.6. The van der Waals surface area contributed by atoms with Gasteiger partial charge in [-0.05, 0) is 6.54 Å². The number of nitrogens with two attached hydrogens (primary N) is 1. The Morgan fingerprint density at radius 2 is 0.808 bits per heavy atom. The number of rotatable bonds is 8. The van der Waals surface area contributed by atoms with Crippen LogP contribution < -0.4 is 5.73 Å². The molecule has 0 aromatic rings. The molecule has 26 heavy (non-hydrogen) atoms. The van der Waals surface area contributed by atoms with Gasteiger partial charge in [0.2, 0.25) is 6.05 Å². The van der Waals surface area contributed by atoms with Gasteiger partial charge in [0.15, 0.2) is 0 Å². The summed E-state index contributed by atoms with van der Waals surface area (Å²) < 4.78 is 190. The van der Waals surface area contributed by atoms with Gasteiger partial charge in [0.05, 0.1) is 0 Å². The fourth-order valence-corrected chi connectivity index (χ4v) is 1.26. The Balaban J connectivity index is 6.33. The van der Waals surface area contributed by atoms with E-state index in [0.29, 0.717) is 0 Å². The Morgan fingerprint density at radius 1 is 0.500 bits per heavy atom. The van der Waals surface area contributed by atoms with E-state index in [1.165, 1.54) is 5.32 Å². The van der Waals surface area contributed by atoms with Crippen LogP contribution in [0.5, 0.6) is 0 Å². The van der Waals surface area contributed by atoms with Gasteiger partial charge in [-0.15, -0.1) is 6.54 Å². The van der Waals surface area contributed by atoms with Crippen LogP contribution in [0.4, 0.5) is 65.9 Å². The van der Waals surface area contributed by atoms with Crippen LogP contribution >= 0.6 is 0 Å². The molecule has 0 atom stereocenters. The molecule has 0 radical (unpaired) electrons. The standard InChI is InChI=1S/C9H6F15N2/c10-3(11,4(12,13)6(16,17)8(20,21)22)5(14,15)7(18,19)9(23,24)26-2-1-25/h1-2,25H2/q-1. The van der Waals surface area contributed by atoms with Gasteiger partial charge in [-0.3, -0.25) is 0 Å². The molecule has 0 aliphatic rings. The summed E-state index contributed by atoms with van der Waals surface area (Å²) in [7, 11) is 0. The van der Waals surface area contributed by atoms with E-state index in [4.69, 9.17) is 0 Å². The Bertz CT molecular complexity index is 494. The molecule has 0 rings (SSSR count). The third-order valence-electron chi connectivity index (χ3n) is 2.75. The summed E-state index contributed by atoms with van der Waals surface area (Å²) >= 11 is 0. The van der Waals surface area contributed by atoms with E-state index in [0.717, 1.165) is 0 Å². The topological polar surface area (TPSA) is 40.1 Å². The molecule has 0 aliphatic heterocycles. The second kappa shape index (κ2) is 6.49. The van der Waals surface area contributed by atoms with Crippen molar-refractivity contribution in [2.45, 2.75) is 41.8 Å². The summed E-state index contributed by atoms with van der Waals surface area (Å²) in [5, 5.41) is 1.44. The molecule has 0 amide bonds. The molecule has 0 heterocycles. The molecule has 0 spiro atoms. The van der Waals surface area contributed by atoms with Crippen molar-refractivity contribution < 1.29 is 65.9 Å².